The van der Waals surface area contributed by atoms with Gasteiger partial charge >= 0.3 is 12.1 Å². The quantitative estimate of drug-likeness (QED) is 0.650. The third-order valence-electron chi connectivity index (χ3n) is 5.10. The van der Waals surface area contributed by atoms with E-state index in [4.69, 9.17) is 14.2 Å². The number of aliphatic hydroxyl groups excluding tert-OH is 2. The van der Waals surface area contributed by atoms with E-state index < -0.39 is 36.0 Å². The molecule has 0 aliphatic carbocycles. The summed E-state index contributed by atoms with van der Waals surface area (Å²) in [6.45, 7) is 3.21. The van der Waals surface area contributed by atoms with Gasteiger partial charge in [0.1, 0.15) is 25.0 Å². The fraction of sp³-hybridized carbons (Fsp3) is 0.391. The summed E-state index contributed by atoms with van der Waals surface area (Å²) in [6, 6.07) is 17.1. The predicted octanol–water partition coefficient (Wildman–Crippen LogP) is 2.23. The van der Waals surface area contributed by atoms with Gasteiger partial charge in [0, 0.05) is 0 Å². The molecule has 1 heterocycles. The highest BCUT2D eigenvalue weighted by molar-refractivity contribution is 5.76. The average molecular weight is 429 g/mol. The molecule has 0 bridgehead atoms. The number of carbonyl (C=O) groups excluding carboxylic acids is 2. The number of esters is 1. The number of nitrogens with zero attached hydrogens (tertiary/aromatic N) is 1. The lowest BCUT2D eigenvalue weighted by molar-refractivity contribution is -0.163. The number of rotatable bonds is 7. The summed E-state index contributed by atoms with van der Waals surface area (Å²) in [5.41, 5.74) is 0.456. The lowest BCUT2D eigenvalue weighted by Crippen LogP contribution is -2.56. The van der Waals surface area contributed by atoms with Crippen molar-refractivity contribution in [1.29, 1.82) is 0 Å². The molecule has 1 aliphatic heterocycles. The lowest BCUT2D eigenvalue weighted by Gasteiger charge is -2.35. The minimum absolute atomic E-state index is 0.0384. The Labute approximate surface area is 181 Å². The minimum Gasteiger partial charge on any atom is -0.459 e. The molecule has 0 aromatic heterocycles. The molecule has 1 aliphatic rings. The van der Waals surface area contributed by atoms with Crippen LogP contribution in [0.2, 0.25) is 0 Å². The van der Waals surface area contributed by atoms with Crippen LogP contribution in [0.5, 0.6) is 0 Å². The maximum atomic E-state index is 12.8. The molecule has 3 atom stereocenters. The van der Waals surface area contributed by atoms with Crippen LogP contribution < -0.4 is 0 Å². The monoisotopic (exact) mass is 429 g/mol. The van der Waals surface area contributed by atoms with Crippen molar-refractivity contribution in [3.63, 3.8) is 0 Å². The normalized spacial score (nSPS) is 19.5. The third kappa shape index (κ3) is 5.61. The Balaban J connectivity index is 1.62. The van der Waals surface area contributed by atoms with E-state index in [1.54, 1.807) is 38.1 Å². The van der Waals surface area contributed by atoms with E-state index in [1.807, 2.05) is 36.4 Å². The van der Waals surface area contributed by atoms with Crippen LogP contribution >= 0.6 is 0 Å². The van der Waals surface area contributed by atoms with Crippen LogP contribution in [-0.4, -0.2) is 57.8 Å². The first-order chi connectivity index (χ1) is 14.8. The second kappa shape index (κ2) is 9.91. The first-order valence-corrected chi connectivity index (χ1v) is 10.0. The minimum atomic E-state index is -1.85. The fourth-order valence-corrected chi connectivity index (χ4v) is 3.39. The third-order valence-corrected chi connectivity index (χ3v) is 5.10. The molecular weight excluding hydrogens is 402 g/mol. The Hall–Kier alpha value is -2.94. The molecule has 0 spiro atoms. The Kier molecular flexibility index (Phi) is 7.27. The fourth-order valence-electron chi connectivity index (χ4n) is 3.39. The van der Waals surface area contributed by atoms with Crippen molar-refractivity contribution in [3.8, 4) is 0 Å². The second-order valence-electron chi connectivity index (χ2n) is 7.76. The molecule has 2 N–H and O–H groups in total. The maximum Gasteiger partial charge on any atom is 0.412 e. The molecule has 1 amide bonds. The molecule has 0 radical (unpaired) electrons. The van der Waals surface area contributed by atoms with Gasteiger partial charge in [0.05, 0.1) is 12.6 Å². The smallest absolute Gasteiger partial charge is 0.412 e. The summed E-state index contributed by atoms with van der Waals surface area (Å²) in [7, 11) is 0. The number of hydrogen-bond acceptors (Lipinski definition) is 7. The average Bonchev–Trinajstić information content (AvgIpc) is 3.11. The van der Waals surface area contributed by atoms with E-state index in [-0.39, 0.29) is 19.8 Å². The number of amides is 1. The zero-order valence-corrected chi connectivity index (χ0v) is 17.5. The zero-order valence-electron chi connectivity index (χ0n) is 17.5. The summed E-state index contributed by atoms with van der Waals surface area (Å²) in [5, 5.41) is 21.0. The van der Waals surface area contributed by atoms with Crippen LogP contribution in [0.25, 0.3) is 0 Å². The van der Waals surface area contributed by atoms with Gasteiger partial charge in [0.15, 0.2) is 6.10 Å². The van der Waals surface area contributed by atoms with Gasteiger partial charge < -0.3 is 24.4 Å². The van der Waals surface area contributed by atoms with E-state index in [0.29, 0.717) is 0 Å². The maximum absolute atomic E-state index is 12.8. The van der Waals surface area contributed by atoms with Crippen LogP contribution in [0, 0.1) is 0 Å². The number of benzene rings is 2. The van der Waals surface area contributed by atoms with Crippen LogP contribution in [0.15, 0.2) is 60.7 Å². The lowest BCUT2D eigenvalue weighted by atomic mass is 10.0. The van der Waals surface area contributed by atoms with Gasteiger partial charge in [-0.25, -0.2) is 9.59 Å². The molecule has 8 heteroatoms. The van der Waals surface area contributed by atoms with Crippen LogP contribution in [0.4, 0.5) is 4.79 Å². The van der Waals surface area contributed by atoms with Crippen LogP contribution in [0.1, 0.15) is 25.0 Å². The van der Waals surface area contributed by atoms with Gasteiger partial charge in [0.25, 0.3) is 0 Å². The van der Waals surface area contributed by atoms with Gasteiger partial charge in [-0.15, -0.1) is 0 Å². The van der Waals surface area contributed by atoms with Gasteiger partial charge in [0.2, 0.25) is 0 Å². The zero-order chi connectivity index (χ0) is 22.4. The van der Waals surface area contributed by atoms with Crippen LogP contribution in [0.3, 0.4) is 0 Å². The molecule has 1 saturated heterocycles. The highest BCUT2D eigenvalue weighted by Crippen LogP contribution is 2.31. The van der Waals surface area contributed by atoms with Crippen molar-refractivity contribution in [2.24, 2.45) is 0 Å². The highest BCUT2D eigenvalue weighted by atomic mass is 16.6. The summed E-state index contributed by atoms with van der Waals surface area (Å²) in [4.78, 5) is 26.2. The number of ether oxygens (including phenoxy) is 3. The molecule has 8 nitrogen and oxygen atoms in total. The largest absolute Gasteiger partial charge is 0.459 e. The van der Waals surface area contributed by atoms with Crippen molar-refractivity contribution >= 4 is 12.1 Å². The predicted molar refractivity (Wildman–Crippen MR) is 111 cm³/mol. The van der Waals surface area contributed by atoms with Crippen molar-refractivity contribution in [3.05, 3.63) is 71.8 Å². The van der Waals surface area contributed by atoms with Gasteiger partial charge in [-0.05, 0) is 25.0 Å². The van der Waals surface area contributed by atoms with Crippen LogP contribution in [-0.2, 0) is 32.2 Å². The molecular formula is C23H27NO7. The van der Waals surface area contributed by atoms with E-state index in [1.165, 1.54) is 4.90 Å². The molecule has 0 saturated carbocycles. The second-order valence-corrected chi connectivity index (χ2v) is 7.76. The SMILES string of the molecule is CC1(C)OC[C@@H]([C@H](O)[C@@H](O)C(=O)OCc2ccccc2)N1C(=O)OCc1ccccc1. The Morgan fingerprint density at radius 2 is 1.52 bits per heavy atom. The van der Waals surface area contributed by atoms with E-state index in [0.717, 1.165) is 11.1 Å². The molecule has 3 rings (SSSR count). The molecule has 31 heavy (non-hydrogen) atoms. The Morgan fingerprint density at radius 1 is 1.00 bits per heavy atom. The van der Waals surface area contributed by atoms with Gasteiger partial charge in [-0.1, -0.05) is 60.7 Å². The highest BCUT2D eigenvalue weighted by Gasteiger charge is 2.50. The molecule has 2 aromatic rings. The summed E-state index contributed by atoms with van der Waals surface area (Å²) in [6.07, 6.45) is -4.19. The Morgan fingerprint density at radius 3 is 2.06 bits per heavy atom. The van der Waals surface area contributed by atoms with Crippen molar-refractivity contribution < 1.29 is 34.0 Å². The molecule has 2 aromatic carbocycles. The van der Waals surface area contributed by atoms with E-state index in [9.17, 15) is 19.8 Å². The van der Waals surface area contributed by atoms with Crippen molar-refractivity contribution in [1.82, 2.24) is 4.90 Å². The van der Waals surface area contributed by atoms with Gasteiger partial charge in [-0.2, -0.15) is 0 Å². The summed E-state index contributed by atoms with van der Waals surface area (Å²) in [5.74, 6) is -0.987. The summed E-state index contributed by atoms with van der Waals surface area (Å²) < 4.78 is 16.1. The first kappa shape index (κ1) is 22.7. The number of hydrogen-bond donors (Lipinski definition) is 2. The molecule has 166 valence electrons. The van der Waals surface area contributed by atoms with Gasteiger partial charge in [-0.3, -0.25) is 4.90 Å². The topological polar surface area (TPSA) is 106 Å². The molecule has 1 fully saturated rings. The van der Waals surface area contributed by atoms with E-state index in [2.05, 4.69) is 0 Å². The van der Waals surface area contributed by atoms with E-state index >= 15 is 0 Å². The molecule has 0 unspecified atom stereocenters. The standard InChI is InChI=1S/C23H27NO7/c1-23(2)24(22(28)30-14-17-11-7-4-8-12-17)18(15-31-23)19(25)20(26)21(27)29-13-16-9-5-3-6-10-16/h3-12,18-20,25-26H,13-15H2,1-2H3/t18-,19-,20+/m0/s1. The van der Waals surface area contributed by atoms with Crippen molar-refractivity contribution in [2.45, 2.75) is 51.0 Å². The first-order valence-electron chi connectivity index (χ1n) is 10.0. The van der Waals surface area contributed by atoms with Crippen molar-refractivity contribution in [2.75, 3.05) is 6.61 Å². The summed E-state index contributed by atoms with van der Waals surface area (Å²) >= 11 is 0. The number of carbonyl (C=O) groups is 2. The Bertz CT molecular complexity index is 872. The number of aliphatic hydroxyl groups is 2.